The van der Waals surface area contributed by atoms with Crippen molar-refractivity contribution in [2.24, 2.45) is 5.41 Å². The van der Waals surface area contributed by atoms with Gasteiger partial charge in [0.05, 0.1) is 5.41 Å². The Morgan fingerprint density at radius 1 is 1.11 bits per heavy atom. The van der Waals surface area contributed by atoms with Gasteiger partial charge in [0.25, 0.3) is 0 Å². The molecule has 3 aliphatic rings. The number of hydrogen-bond donors (Lipinski definition) is 2. The van der Waals surface area contributed by atoms with Crippen LogP contribution in [0.15, 0.2) is 53.1 Å². The first-order valence-corrected chi connectivity index (χ1v) is 13.3. The number of benzene rings is 2. The monoisotopic (exact) mass is 515 g/mol. The molecule has 1 saturated heterocycles. The molecule has 2 saturated carbocycles. The SMILES string of the molecule is Cc1ccccc1C(C)OC(=O)Nc1c(C)noc1C1CC2(C1)CN(c1ccc(C3(C(=O)O)CC3)cc1)C2. The van der Waals surface area contributed by atoms with Crippen LogP contribution in [-0.4, -0.2) is 35.4 Å². The Bertz CT molecular complexity index is 1380. The molecule has 1 amide bonds. The fourth-order valence-electron chi connectivity index (χ4n) is 6.33. The largest absolute Gasteiger partial charge is 0.481 e. The van der Waals surface area contributed by atoms with E-state index in [0.29, 0.717) is 11.4 Å². The zero-order chi connectivity index (χ0) is 26.7. The molecule has 38 heavy (non-hydrogen) atoms. The van der Waals surface area contributed by atoms with Gasteiger partial charge < -0.3 is 19.3 Å². The molecule has 3 aromatic rings. The van der Waals surface area contributed by atoms with Gasteiger partial charge in [-0.15, -0.1) is 0 Å². The van der Waals surface area contributed by atoms with E-state index in [4.69, 9.17) is 9.26 Å². The van der Waals surface area contributed by atoms with Gasteiger partial charge in [0, 0.05) is 30.1 Å². The molecule has 1 atom stereocenters. The summed E-state index contributed by atoms with van der Waals surface area (Å²) < 4.78 is 11.3. The molecule has 1 spiro atoms. The first kappa shape index (κ1) is 24.5. The molecule has 2 aliphatic carbocycles. The van der Waals surface area contributed by atoms with E-state index in [1.807, 2.05) is 69.3 Å². The minimum atomic E-state index is -0.723. The summed E-state index contributed by atoms with van der Waals surface area (Å²) in [6, 6.07) is 15.9. The summed E-state index contributed by atoms with van der Waals surface area (Å²) in [5, 5.41) is 16.5. The fraction of sp³-hybridized carbons (Fsp3) is 0.433. The zero-order valence-electron chi connectivity index (χ0n) is 22.0. The first-order chi connectivity index (χ1) is 18.2. The minimum Gasteiger partial charge on any atom is -0.481 e. The van der Waals surface area contributed by atoms with Crippen LogP contribution in [-0.2, 0) is 14.9 Å². The highest BCUT2D eigenvalue weighted by Crippen LogP contribution is 2.58. The lowest BCUT2D eigenvalue weighted by atomic mass is 9.57. The Balaban J connectivity index is 1.04. The molecule has 1 unspecified atom stereocenters. The van der Waals surface area contributed by atoms with Crippen molar-refractivity contribution in [3.63, 3.8) is 0 Å². The first-order valence-electron chi connectivity index (χ1n) is 13.3. The van der Waals surface area contributed by atoms with Gasteiger partial charge >= 0.3 is 12.1 Å². The van der Waals surface area contributed by atoms with E-state index in [2.05, 4.69) is 15.4 Å². The second-order valence-corrected chi connectivity index (χ2v) is 11.4. The highest BCUT2D eigenvalue weighted by Gasteiger charge is 2.55. The summed E-state index contributed by atoms with van der Waals surface area (Å²) in [6.45, 7) is 7.61. The predicted molar refractivity (Wildman–Crippen MR) is 143 cm³/mol. The summed E-state index contributed by atoms with van der Waals surface area (Å²) >= 11 is 0. The fourth-order valence-corrected chi connectivity index (χ4v) is 6.33. The summed E-state index contributed by atoms with van der Waals surface area (Å²) in [6.07, 6.45) is 2.50. The van der Waals surface area contributed by atoms with E-state index in [1.165, 1.54) is 0 Å². The number of amides is 1. The molecular formula is C30H33N3O5. The molecule has 198 valence electrons. The van der Waals surface area contributed by atoms with Crippen molar-refractivity contribution in [2.45, 2.75) is 63.9 Å². The number of nitrogens with zero attached hydrogens (tertiary/aromatic N) is 2. The lowest BCUT2D eigenvalue weighted by Gasteiger charge is -2.59. The topological polar surface area (TPSA) is 105 Å². The number of aliphatic carboxylic acids is 1. The van der Waals surface area contributed by atoms with Crippen molar-refractivity contribution in [3.05, 3.63) is 76.7 Å². The van der Waals surface area contributed by atoms with E-state index in [0.717, 1.165) is 66.9 Å². The van der Waals surface area contributed by atoms with E-state index in [1.54, 1.807) is 0 Å². The number of hydrogen-bond acceptors (Lipinski definition) is 6. The second kappa shape index (κ2) is 8.89. The Hall–Kier alpha value is -3.81. The van der Waals surface area contributed by atoms with Gasteiger partial charge in [-0.05, 0) is 75.3 Å². The molecule has 1 aromatic heterocycles. The molecule has 0 bridgehead atoms. The average molecular weight is 516 g/mol. The van der Waals surface area contributed by atoms with Gasteiger partial charge in [-0.3, -0.25) is 10.1 Å². The van der Waals surface area contributed by atoms with Crippen molar-refractivity contribution in [3.8, 4) is 0 Å². The van der Waals surface area contributed by atoms with Crippen LogP contribution in [0.1, 0.15) is 72.8 Å². The molecule has 8 nitrogen and oxygen atoms in total. The van der Waals surface area contributed by atoms with E-state index in [9.17, 15) is 14.7 Å². The Morgan fingerprint density at radius 3 is 2.42 bits per heavy atom. The predicted octanol–water partition coefficient (Wildman–Crippen LogP) is 6.10. The smallest absolute Gasteiger partial charge is 0.412 e. The van der Waals surface area contributed by atoms with Crippen LogP contribution < -0.4 is 10.2 Å². The number of carbonyl (C=O) groups is 2. The normalized spacial score (nSPS) is 19.8. The van der Waals surface area contributed by atoms with Crippen LogP contribution in [0.25, 0.3) is 0 Å². The standard InChI is InChI=1S/C30H33N3O5/c1-18-6-4-5-7-24(18)20(3)37-28(36)31-25-19(2)32-38-26(25)21-14-29(15-21)16-33(17-29)23-10-8-22(9-11-23)30(12-13-30)27(34)35/h4-11,20-21H,12-17H2,1-3H3,(H,31,36)(H,34,35). The Morgan fingerprint density at radius 2 is 1.79 bits per heavy atom. The second-order valence-electron chi connectivity index (χ2n) is 11.4. The van der Waals surface area contributed by atoms with Gasteiger partial charge in [0.1, 0.15) is 17.5 Å². The average Bonchev–Trinajstić information content (AvgIpc) is 3.59. The molecule has 2 N–H and O–H groups in total. The quantitative estimate of drug-likeness (QED) is 0.392. The molecule has 0 radical (unpaired) electrons. The number of nitrogens with one attached hydrogen (secondary N) is 1. The third-order valence-corrected chi connectivity index (χ3v) is 8.75. The van der Waals surface area contributed by atoms with E-state index in [-0.39, 0.29) is 17.4 Å². The number of carboxylic acid groups (broad SMARTS) is 1. The van der Waals surface area contributed by atoms with Crippen LogP contribution in [0.2, 0.25) is 0 Å². The van der Waals surface area contributed by atoms with Gasteiger partial charge in [0.2, 0.25) is 0 Å². The molecule has 1 aliphatic heterocycles. The number of carbonyl (C=O) groups excluding carboxylic acids is 1. The molecule has 2 aromatic carbocycles. The number of ether oxygens (including phenoxy) is 1. The zero-order valence-corrected chi connectivity index (χ0v) is 22.0. The number of anilines is 2. The van der Waals surface area contributed by atoms with Crippen LogP contribution in [0.4, 0.5) is 16.2 Å². The summed E-state index contributed by atoms with van der Waals surface area (Å²) in [7, 11) is 0. The summed E-state index contributed by atoms with van der Waals surface area (Å²) in [5.41, 5.74) is 4.92. The maximum atomic E-state index is 12.7. The lowest BCUT2D eigenvalue weighted by molar-refractivity contribution is -0.140. The van der Waals surface area contributed by atoms with Gasteiger partial charge in [-0.2, -0.15) is 0 Å². The lowest BCUT2D eigenvalue weighted by Crippen LogP contribution is -2.61. The molecule has 6 rings (SSSR count). The number of rotatable bonds is 7. The summed E-state index contributed by atoms with van der Waals surface area (Å²) in [5.74, 6) is 0.203. The van der Waals surface area contributed by atoms with E-state index >= 15 is 0 Å². The van der Waals surface area contributed by atoms with Crippen molar-refractivity contribution in [2.75, 3.05) is 23.3 Å². The third-order valence-electron chi connectivity index (χ3n) is 8.75. The maximum Gasteiger partial charge on any atom is 0.412 e. The van der Waals surface area contributed by atoms with Crippen molar-refractivity contribution in [1.29, 1.82) is 0 Å². The van der Waals surface area contributed by atoms with Gasteiger partial charge in [-0.1, -0.05) is 41.6 Å². The highest BCUT2D eigenvalue weighted by atomic mass is 16.6. The number of aryl methyl sites for hydroxylation is 2. The van der Waals surface area contributed by atoms with Crippen LogP contribution in [0, 0.1) is 19.3 Å². The Labute approximate surface area is 222 Å². The molecule has 8 heteroatoms. The van der Waals surface area contributed by atoms with E-state index < -0.39 is 17.5 Å². The van der Waals surface area contributed by atoms with Crippen LogP contribution in [0.5, 0.6) is 0 Å². The van der Waals surface area contributed by atoms with Crippen molar-refractivity contribution in [1.82, 2.24) is 5.16 Å². The van der Waals surface area contributed by atoms with Gasteiger partial charge in [0.15, 0.2) is 5.76 Å². The highest BCUT2D eigenvalue weighted by molar-refractivity contribution is 5.86. The molecular weight excluding hydrogens is 482 g/mol. The third kappa shape index (κ3) is 4.12. The maximum absolute atomic E-state index is 12.7. The van der Waals surface area contributed by atoms with Crippen LogP contribution in [0.3, 0.4) is 0 Å². The van der Waals surface area contributed by atoms with Gasteiger partial charge in [-0.25, -0.2) is 4.79 Å². The summed E-state index contributed by atoms with van der Waals surface area (Å²) in [4.78, 5) is 26.7. The number of carboxylic acids is 1. The van der Waals surface area contributed by atoms with Crippen LogP contribution >= 0.6 is 0 Å². The minimum absolute atomic E-state index is 0.204. The molecule has 3 fully saturated rings. The molecule has 2 heterocycles. The number of aromatic nitrogens is 1. The van der Waals surface area contributed by atoms with Crippen molar-refractivity contribution >= 4 is 23.4 Å². The Kier molecular flexibility index (Phi) is 5.74. The van der Waals surface area contributed by atoms with Crippen molar-refractivity contribution < 1.29 is 24.0 Å².